The molecule has 3 fully saturated rings. The van der Waals surface area contributed by atoms with E-state index < -0.39 is 0 Å². The van der Waals surface area contributed by atoms with Gasteiger partial charge in [-0.1, -0.05) is 19.3 Å². The standard InChI is InChI=1S/C15H28N2/c16-15(6-2-1-3-7-15)10-11-17-12-14(8-9-14)13-4-5-13/h13,17H,1-12,16H2. The minimum absolute atomic E-state index is 0.168. The first kappa shape index (κ1) is 12.0. The van der Waals surface area contributed by atoms with E-state index in [9.17, 15) is 0 Å². The second-order valence-corrected chi connectivity index (χ2v) is 6.99. The summed E-state index contributed by atoms with van der Waals surface area (Å²) in [5, 5.41) is 3.70. The zero-order chi connectivity index (χ0) is 11.8. The van der Waals surface area contributed by atoms with Gasteiger partial charge < -0.3 is 11.1 Å². The highest BCUT2D eigenvalue weighted by Gasteiger charge is 2.53. The van der Waals surface area contributed by atoms with Crippen LogP contribution >= 0.6 is 0 Å². The summed E-state index contributed by atoms with van der Waals surface area (Å²) in [5.74, 6) is 1.08. The molecule has 0 spiro atoms. The van der Waals surface area contributed by atoms with Crippen LogP contribution in [0.5, 0.6) is 0 Å². The molecule has 3 saturated carbocycles. The molecule has 0 radical (unpaired) electrons. The van der Waals surface area contributed by atoms with E-state index in [0.29, 0.717) is 0 Å². The van der Waals surface area contributed by atoms with Gasteiger partial charge in [0.25, 0.3) is 0 Å². The number of nitrogens with one attached hydrogen (secondary N) is 1. The van der Waals surface area contributed by atoms with Gasteiger partial charge in [-0.3, -0.25) is 0 Å². The van der Waals surface area contributed by atoms with Gasteiger partial charge in [0.1, 0.15) is 0 Å². The Labute approximate surface area is 106 Å². The highest BCUT2D eigenvalue weighted by Crippen LogP contribution is 2.60. The van der Waals surface area contributed by atoms with Gasteiger partial charge in [-0.15, -0.1) is 0 Å². The summed E-state index contributed by atoms with van der Waals surface area (Å²) < 4.78 is 0. The smallest absolute Gasteiger partial charge is 0.0166 e. The Balaban J connectivity index is 1.34. The minimum Gasteiger partial charge on any atom is -0.325 e. The van der Waals surface area contributed by atoms with E-state index in [2.05, 4.69) is 5.32 Å². The molecule has 0 unspecified atom stereocenters. The number of nitrogens with two attached hydrogens (primary N) is 1. The molecule has 0 aromatic heterocycles. The predicted octanol–water partition coefficient (Wildman–Crippen LogP) is 2.82. The van der Waals surface area contributed by atoms with E-state index in [-0.39, 0.29) is 5.54 Å². The van der Waals surface area contributed by atoms with E-state index in [1.54, 1.807) is 0 Å². The van der Waals surface area contributed by atoms with Gasteiger partial charge in [-0.05, 0) is 62.8 Å². The third kappa shape index (κ3) is 2.85. The molecule has 0 aliphatic heterocycles. The molecule has 0 aromatic rings. The van der Waals surface area contributed by atoms with Gasteiger partial charge in [0.05, 0.1) is 0 Å². The molecular weight excluding hydrogens is 208 g/mol. The summed E-state index contributed by atoms with van der Waals surface area (Å²) in [6.07, 6.45) is 13.8. The second kappa shape index (κ2) is 4.55. The first-order valence-electron chi connectivity index (χ1n) is 7.72. The first-order chi connectivity index (χ1) is 8.23. The summed E-state index contributed by atoms with van der Waals surface area (Å²) in [7, 11) is 0. The average molecular weight is 236 g/mol. The largest absolute Gasteiger partial charge is 0.325 e. The van der Waals surface area contributed by atoms with E-state index in [1.165, 1.54) is 70.8 Å². The van der Waals surface area contributed by atoms with Crippen molar-refractivity contribution >= 4 is 0 Å². The van der Waals surface area contributed by atoms with Crippen molar-refractivity contribution in [1.29, 1.82) is 0 Å². The number of hydrogen-bond acceptors (Lipinski definition) is 2. The van der Waals surface area contributed by atoms with E-state index >= 15 is 0 Å². The van der Waals surface area contributed by atoms with E-state index in [0.717, 1.165) is 17.9 Å². The van der Waals surface area contributed by atoms with Crippen LogP contribution in [0.3, 0.4) is 0 Å². The summed E-state index contributed by atoms with van der Waals surface area (Å²) >= 11 is 0. The van der Waals surface area contributed by atoms with Crippen LogP contribution in [-0.2, 0) is 0 Å². The molecule has 17 heavy (non-hydrogen) atoms. The number of rotatable bonds is 6. The van der Waals surface area contributed by atoms with Gasteiger partial charge in [-0.2, -0.15) is 0 Å². The van der Waals surface area contributed by atoms with Crippen LogP contribution in [-0.4, -0.2) is 18.6 Å². The normalized spacial score (nSPS) is 30.2. The van der Waals surface area contributed by atoms with Crippen LogP contribution < -0.4 is 11.1 Å². The fourth-order valence-corrected chi connectivity index (χ4v) is 3.77. The van der Waals surface area contributed by atoms with Crippen LogP contribution in [0.4, 0.5) is 0 Å². The Bertz CT molecular complexity index is 260. The predicted molar refractivity (Wildman–Crippen MR) is 71.9 cm³/mol. The SMILES string of the molecule is NC1(CCNCC2(C3CC3)CC2)CCCCC1. The van der Waals surface area contributed by atoms with Crippen molar-refractivity contribution in [2.75, 3.05) is 13.1 Å². The van der Waals surface area contributed by atoms with Gasteiger partial charge in [0.15, 0.2) is 0 Å². The van der Waals surface area contributed by atoms with Crippen molar-refractivity contribution in [2.45, 2.75) is 69.7 Å². The monoisotopic (exact) mass is 236 g/mol. The van der Waals surface area contributed by atoms with Crippen molar-refractivity contribution in [3.05, 3.63) is 0 Å². The van der Waals surface area contributed by atoms with Crippen LogP contribution in [0.2, 0.25) is 0 Å². The molecule has 3 aliphatic carbocycles. The lowest BCUT2D eigenvalue weighted by Crippen LogP contribution is -2.44. The molecule has 3 aliphatic rings. The van der Waals surface area contributed by atoms with Gasteiger partial charge >= 0.3 is 0 Å². The maximum absolute atomic E-state index is 6.46. The fraction of sp³-hybridized carbons (Fsp3) is 1.00. The van der Waals surface area contributed by atoms with Crippen molar-refractivity contribution < 1.29 is 0 Å². The Morgan fingerprint density at radius 3 is 2.29 bits per heavy atom. The highest BCUT2D eigenvalue weighted by atomic mass is 14.9. The Morgan fingerprint density at radius 1 is 1.00 bits per heavy atom. The molecule has 0 heterocycles. The van der Waals surface area contributed by atoms with Crippen molar-refractivity contribution in [1.82, 2.24) is 5.32 Å². The maximum atomic E-state index is 6.46. The lowest BCUT2D eigenvalue weighted by Gasteiger charge is -2.33. The summed E-state index contributed by atoms with van der Waals surface area (Å²) in [6, 6.07) is 0. The van der Waals surface area contributed by atoms with Gasteiger partial charge in [-0.25, -0.2) is 0 Å². The second-order valence-electron chi connectivity index (χ2n) is 6.99. The summed E-state index contributed by atoms with van der Waals surface area (Å²) in [4.78, 5) is 0. The fourth-order valence-electron chi connectivity index (χ4n) is 3.77. The van der Waals surface area contributed by atoms with Crippen molar-refractivity contribution in [3.63, 3.8) is 0 Å². The van der Waals surface area contributed by atoms with Crippen LogP contribution in [0.15, 0.2) is 0 Å². The first-order valence-corrected chi connectivity index (χ1v) is 7.72. The quantitative estimate of drug-likeness (QED) is 0.696. The lowest BCUT2D eigenvalue weighted by molar-refractivity contribution is 0.270. The molecule has 0 amide bonds. The third-order valence-corrected chi connectivity index (χ3v) is 5.46. The third-order valence-electron chi connectivity index (χ3n) is 5.46. The molecule has 2 heteroatoms. The summed E-state index contributed by atoms with van der Waals surface area (Å²) in [6.45, 7) is 2.42. The minimum atomic E-state index is 0.168. The highest BCUT2D eigenvalue weighted by molar-refractivity contribution is 5.05. The lowest BCUT2D eigenvalue weighted by atomic mass is 9.80. The maximum Gasteiger partial charge on any atom is 0.0166 e. The van der Waals surface area contributed by atoms with E-state index in [1.807, 2.05) is 0 Å². The molecule has 98 valence electrons. The van der Waals surface area contributed by atoms with Crippen LogP contribution in [0, 0.1) is 11.3 Å². The van der Waals surface area contributed by atoms with Gasteiger partial charge in [0.2, 0.25) is 0 Å². The van der Waals surface area contributed by atoms with Gasteiger partial charge in [0, 0.05) is 12.1 Å². The van der Waals surface area contributed by atoms with Crippen molar-refractivity contribution in [2.24, 2.45) is 17.1 Å². The molecule has 0 aromatic carbocycles. The topological polar surface area (TPSA) is 38.0 Å². The Morgan fingerprint density at radius 2 is 1.71 bits per heavy atom. The summed E-state index contributed by atoms with van der Waals surface area (Å²) in [5.41, 5.74) is 7.37. The van der Waals surface area contributed by atoms with E-state index in [4.69, 9.17) is 5.73 Å². The average Bonchev–Trinajstić information content (AvgIpc) is 3.16. The molecule has 3 rings (SSSR count). The Hall–Kier alpha value is -0.0800. The molecule has 0 bridgehead atoms. The molecule has 2 nitrogen and oxygen atoms in total. The zero-order valence-corrected chi connectivity index (χ0v) is 11.1. The van der Waals surface area contributed by atoms with Crippen LogP contribution in [0.1, 0.15) is 64.2 Å². The van der Waals surface area contributed by atoms with Crippen molar-refractivity contribution in [3.8, 4) is 0 Å². The van der Waals surface area contributed by atoms with Crippen LogP contribution in [0.25, 0.3) is 0 Å². The Kier molecular flexibility index (Phi) is 3.20. The number of hydrogen-bond donors (Lipinski definition) is 2. The molecule has 3 N–H and O–H groups in total. The zero-order valence-electron chi connectivity index (χ0n) is 11.1. The molecule has 0 saturated heterocycles. The molecule has 0 atom stereocenters. The molecular formula is C15H28N2.